The van der Waals surface area contributed by atoms with E-state index in [9.17, 15) is 14.4 Å². The van der Waals surface area contributed by atoms with Gasteiger partial charge in [0.2, 0.25) is 5.91 Å². The largest absolute Gasteiger partial charge is 0.497 e. The van der Waals surface area contributed by atoms with Gasteiger partial charge in [-0.05, 0) is 48.7 Å². The number of rotatable bonds is 10. The summed E-state index contributed by atoms with van der Waals surface area (Å²) in [7, 11) is 3.08. The van der Waals surface area contributed by atoms with E-state index in [4.69, 9.17) is 21.7 Å². The van der Waals surface area contributed by atoms with Crippen LogP contribution in [-0.2, 0) is 9.59 Å². The number of nitrogens with one attached hydrogen (secondary N) is 2. The molecule has 0 atom stereocenters. The lowest BCUT2D eigenvalue weighted by Gasteiger charge is -2.14. The molecule has 3 amide bonds. The van der Waals surface area contributed by atoms with Crippen molar-refractivity contribution in [1.29, 1.82) is 0 Å². The van der Waals surface area contributed by atoms with Crippen LogP contribution in [0.15, 0.2) is 53.4 Å². The number of ether oxygens (including phenoxy) is 2. The van der Waals surface area contributed by atoms with Gasteiger partial charge in [-0.25, -0.2) is 0 Å². The summed E-state index contributed by atoms with van der Waals surface area (Å²) < 4.78 is 10.8. The number of amides is 3. The van der Waals surface area contributed by atoms with Crippen LogP contribution in [0.1, 0.15) is 41.6 Å². The number of hydrazine groups is 1. The van der Waals surface area contributed by atoms with Crippen LogP contribution in [0.2, 0.25) is 0 Å². The zero-order chi connectivity index (χ0) is 25.2. The summed E-state index contributed by atoms with van der Waals surface area (Å²) in [6.07, 6.45) is 4.14. The summed E-state index contributed by atoms with van der Waals surface area (Å²) in [5.41, 5.74) is 6.05. The number of hydrogen-bond donors (Lipinski definition) is 2. The van der Waals surface area contributed by atoms with E-state index in [1.807, 2.05) is 30.3 Å². The second-order valence-electron chi connectivity index (χ2n) is 7.62. The van der Waals surface area contributed by atoms with Gasteiger partial charge in [-0.2, -0.15) is 0 Å². The Balaban J connectivity index is 1.37. The Morgan fingerprint density at radius 2 is 1.74 bits per heavy atom. The molecular weight excluding hydrogens is 486 g/mol. The molecule has 10 heteroatoms. The highest BCUT2D eigenvalue weighted by molar-refractivity contribution is 8.26. The molecule has 1 fully saturated rings. The summed E-state index contributed by atoms with van der Waals surface area (Å²) in [6, 6.07) is 14.2. The summed E-state index contributed by atoms with van der Waals surface area (Å²) in [4.78, 5) is 39.2. The molecule has 184 valence electrons. The second kappa shape index (κ2) is 12.9. The third-order valence-corrected chi connectivity index (χ3v) is 6.62. The fraction of sp³-hybridized carbons (Fsp3) is 0.280. The molecule has 2 aromatic rings. The predicted octanol–water partition coefficient (Wildman–Crippen LogP) is 3.93. The predicted molar refractivity (Wildman–Crippen MR) is 140 cm³/mol. The standard InChI is InChI=1S/C25H27N3O5S2/c1-32-18-13-11-17(12-14-18)16-21-24(31)28(25(34)35-21)15-7-3-4-10-22(29)26-27-23(30)19-8-5-6-9-20(19)33-2/h5-6,8-9,11-14,16H,3-4,7,10,15H2,1-2H3,(H,26,29)(H,27,30)/b21-16-. The number of carbonyl (C=O) groups is 3. The molecule has 0 unspecified atom stereocenters. The third-order valence-electron chi connectivity index (χ3n) is 5.24. The zero-order valence-corrected chi connectivity index (χ0v) is 21.2. The molecule has 0 aliphatic carbocycles. The van der Waals surface area contributed by atoms with Gasteiger partial charge < -0.3 is 9.47 Å². The smallest absolute Gasteiger partial charge is 0.273 e. The Morgan fingerprint density at radius 1 is 1.00 bits per heavy atom. The maximum atomic E-state index is 12.7. The molecule has 35 heavy (non-hydrogen) atoms. The first-order valence-electron chi connectivity index (χ1n) is 11.0. The number of hydrogen-bond acceptors (Lipinski definition) is 7. The van der Waals surface area contributed by atoms with Crippen LogP contribution < -0.4 is 20.3 Å². The number of thioether (sulfide) groups is 1. The van der Waals surface area contributed by atoms with Crippen LogP contribution in [0.4, 0.5) is 0 Å². The van der Waals surface area contributed by atoms with Crippen molar-refractivity contribution in [3.8, 4) is 11.5 Å². The van der Waals surface area contributed by atoms with Crippen molar-refractivity contribution in [2.45, 2.75) is 25.7 Å². The molecular formula is C25H27N3O5S2. The quantitative estimate of drug-likeness (QED) is 0.215. The third kappa shape index (κ3) is 7.30. The fourth-order valence-electron chi connectivity index (χ4n) is 3.37. The van der Waals surface area contributed by atoms with E-state index < -0.39 is 5.91 Å². The summed E-state index contributed by atoms with van der Waals surface area (Å²) in [5.74, 6) is 0.331. The molecule has 3 rings (SSSR count). The van der Waals surface area contributed by atoms with Crippen molar-refractivity contribution >= 4 is 52.1 Å². The molecule has 1 aliphatic rings. The highest BCUT2D eigenvalue weighted by Crippen LogP contribution is 2.33. The zero-order valence-electron chi connectivity index (χ0n) is 19.5. The van der Waals surface area contributed by atoms with Gasteiger partial charge in [0.25, 0.3) is 11.8 Å². The van der Waals surface area contributed by atoms with Gasteiger partial charge >= 0.3 is 0 Å². The minimum atomic E-state index is -0.451. The highest BCUT2D eigenvalue weighted by Gasteiger charge is 2.31. The highest BCUT2D eigenvalue weighted by atomic mass is 32.2. The molecule has 2 aromatic carbocycles. The van der Waals surface area contributed by atoms with Crippen molar-refractivity contribution < 1.29 is 23.9 Å². The second-order valence-corrected chi connectivity index (χ2v) is 9.30. The lowest BCUT2D eigenvalue weighted by atomic mass is 10.1. The van der Waals surface area contributed by atoms with E-state index in [-0.39, 0.29) is 18.2 Å². The maximum absolute atomic E-state index is 12.7. The van der Waals surface area contributed by atoms with E-state index in [1.165, 1.54) is 18.9 Å². The SMILES string of the molecule is COc1ccc(/C=C2\SC(=S)N(CCCCCC(=O)NNC(=O)c3ccccc3OC)C2=O)cc1. The first kappa shape index (κ1) is 26.2. The minimum Gasteiger partial charge on any atom is -0.497 e. The number of para-hydroxylation sites is 1. The summed E-state index contributed by atoms with van der Waals surface area (Å²) in [5, 5.41) is 0. The van der Waals surface area contributed by atoms with Gasteiger partial charge in [-0.15, -0.1) is 0 Å². The minimum absolute atomic E-state index is 0.104. The summed E-state index contributed by atoms with van der Waals surface area (Å²) >= 11 is 6.67. The van der Waals surface area contributed by atoms with Crippen LogP contribution in [-0.4, -0.2) is 47.7 Å². The Hall–Kier alpha value is -3.37. The molecule has 0 aromatic heterocycles. The normalized spacial score (nSPS) is 14.2. The van der Waals surface area contributed by atoms with Gasteiger partial charge in [-0.3, -0.25) is 30.1 Å². The molecule has 2 N–H and O–H groups in total. The Morgan fingerprint density at radius 3 is 2.46 bits per heavy atom. The summed E-state index contributed by atoms with van der Waals surface area (Å²) in [6.45, 7) is 0.497. The monoisotopic (exact) mass is 513 g/mol. The average Bonchev–Trinajstić information content (AvgIpc) is 3.14. The molecule has 8 nitrogen and oxygen atoms in total. The van der Waals surface area contributed by atoms with Crippen molar-refractivity contribution in [2.75, 3.05) is 20.8 Å². The average molecular weight is 514 g/mol. The van der Waals surface area contributed by atoms with E-state index in [2.05, 4.69) is 10.9 Å². The van der Waals surface area contributed by atoms with Crippen molar-refractivity contribution in [2.24, 2.45) is 0 Å². The number of methoxy groups -OCH3 is 2. The van der Waals surface area contributed by atoms with Crippen molar-refractivity contribution in [3.05, 3.63) is 64.6 Å². The molecule has 1 saturated heterocycles. The van der Waals surface area contributed by atoms with Gasteiger partial charge in [0.1, 0.15) is 15.8 Å². The van der Waals surface area contributed by atoms with E-state index >= 15 is 0 Å². The Labute approximate surface area is 214 Å². The first-order valence-corrected chi connectivity index (χ1v) is 12.3. The maximum Gasteiger partial charge on any atom is 0.273 e. The first-order chi connectivity index (χ1) is 16.9. The van der Waals surface area contributed by atoms with Crippen molar-refractivity contribution in [1.82, 2.24) is 15.8 Å². The van der Waals surface area contributed by atoms with Gasteiger partial charge in [0, 0.05) is 13.0 Å². The van der Waals surface area contributed by atoms with Crippen LogP contribution in [0.5, 0.6) is 11.5 Å². The fourth-order valence-corrected chi connectivity index (χ4v) is 4.67. The van der Waals surface area contributed by atoms with Gasteiger partial charge in [0.15, 0.2) is 0 Å². The molecule has 0 saturated carbocycles. The Bertz CT molecular complexity index is 1120. The van der Waals surface area contributed by atoms with Gasteiger partial charge in [0.05, 0.1) is 24.7 Å². The van der Waals surface area contributed by atoms with E-state index in [1.54, 1.807) is 36.3 Å². The van der Waals surface area contributed by atoms with Crippen molar-refractivity contribution in [3.63, 3.8) is 0 Å². The topological polar surface area (TPSA) is 97.0 Å². The molecule has 1 aliphatic heterocycles. The molecule has 0 spiro atoms. The van der Waals surface area contributed by atoms with E-state index in [0.717, 1.165) is 17.7 Å². The molecule has 0 bridgehead atoms. The lowest BCUT2D eigenvalue weighted by Crippen LogP contribution is -2.41. The Kier molecular flexibility index (Phi) is 9.68. The number of carbonyl (C=O) groups excluding carboxylic acids is 3. The van der Waals surface area contributed by atoms with Gasteiger partial charge in [-0.1, -0.05) is 54.7 Å². The lowest BCUT2D eigenvalue weighted by molar-refractivity contribution is -0.123. The number of nitrogens with zero attached hydrogens (tertiary/aromatic N) is 1. The molecule has 0 radical (unpaired) electrons. The number of thiocarbonyl (C=S) groups is 1. The van der Waals surface area contributed by atoms with Crippen LogP contribution in [0.3, 0.4) is 0 Å². The van der Waals surface area contributed by atoms with Crippen LogP contribution in [0, 0.1) is 0 Å². The molecule has 1 heterocycles. The van der Waals surface area contributed by atoms with Crippen LogP contribution >= 0.6 is 24.0 Å². The van der Waals surface area contributed by atoms with E-state index in [0.29, 0.717) is 39.9 Å². The number of unbranched alkanes of at least 4 members (excludes halogenated alkanes) is 2. The number of benzene rings is 2. The van der Waals surface area contributed by atoms with Crippen LogP contribution in [0.25, 0.3) is 6.08 Å².